The molecule has 0 radical (unpaired) electrons. The van der Waals surface area contributed by atoms with Crippen LogP contribution in [0.4, 0.5) is 0 Å². The Labute approximate surface area is 120 Å². The predicted molar refractivity (Wildman–Crippen MR) is 83.5 cm³/mol. The van der Waals surface area contributed by atoms with Gasteiger partial charge in [0.05, 0.1) is 0 Å². The molecule has 0 spiro atoms. The molecular weight excluding hydrogens is 232 g/mol. The lowest BCUT2D eigenvalue weighted by Gasteiger charge is -2.44. The molecule has 1 aliphatic heterocycles. The highest BCUT2D eigenvalue weighted by Crippen LogP contribution is 2.34. The summed E-state index contributed by atoms with van der Waals surface area (Å²) in [5.74, 6) is 1.78. The number of nitrogens with zero attached hydrogens (tertiary/aromatic N) is 1. The zero-order valence-electron chi connectivity index (χ0n) is 13.5. The van der Waals surface area contributed by atoms with Crippen LogP contribution in [-0.2, 0) is 0 Å². The average molecular weight is 266 g/mol. The summed E-state index contributed by atoms with van der Waals surface area (Å²) in [7, 11) is 0. The van der Waals surface area contributed by atoms with E-state index in [0.717, 1.165) is 17.9 Å². The van der Waals surface area contributed by atoms with E-state index in [0.29, 0.717) is 5.54 Å². The maximum Gasteiger partial charge on any atom is 0.0303 e. The smallest absolute Gasteiger partial charge is 0.0303 e. The zero-order chi connectivity index (χ0) is 13.9. The van der Waals surface area contributed by atoms with Crippen molar-refractivity contribution >= 4 is 0 Å². The highest BCUT2D eigenvalue weighted by molar-refractivity contribution is 4.95. The molecule has 1 N–H and O–H groups in total. The van der Waals surface area contributed by atoms with Crippen LogP contribution >= 0.6 is 0 Å². The monoisotopic (exact) mass is 266 g/mol. The van der Waals surface area contributed by atoms with Gasteiger partial charge in [-0.25, -0.2) is 0 Å². The topological polar surface area (TPSA) is 15.3 Å². The number of hydrogen-bond acceptors (Lipinski definition) is 2. The fourth-order valence-corrected chi connectivity index (χ4v) is 4.24. The number of nitrogens with one attached hydrogen (secondary N) is 1. The van der Waals surface area contributed by atoms with E-state index in [1.165, 1.54) is 58.2 Å². The number of rotatable bonds is 3. The van der Waals surface area contributed by atoms with E-state index in [-0.39, 0.29) is 0 Å². The summed E-state index contributed by atoms with van der Waals surface area (Å²) in [6, 6.07) is 0.834. The molecule has 1 heterocycles. The zero-order valence-corrected chi connectivity index (χ0v) is 13.5. The van der Waals surface area contributed by atoms with Gasteiger partial charge in [0.1, 0.15) is 0 Å². The molecule has 0 amide bonds. The van der Waals surface area contributed by atoms with Gasteiger partial charge in [0, 0.05) is 18.1 Å². The Morgan fingerprint density at radius 1 is 1.11 bits per heavy atom. The maximum atomic E-state index is 3.85. The molecule has 2 heteroatoms. The molecule has 19 heavy (non-hydrogen) atoms. The standard InChI is InChI=1S/C17H34N2/c1-5-17(6-2)13-19(12-8-11-18-17)16-10-7-9-14(3)15(16)4/h14-16,18H,5-13H2,1-4H3. The minimum absolute atomic E-state index is 0.372. The minimum atomic E-state index is 0.372. The van der Waals surface area contributed by atoms with Crippen molar-refractivity contribution in [3.8, 4) is 0 Å². The summed E-state index contributed by atoms with van der Waals surface area (Å²) in [6.07, 6.45) is 8.14. The molecule has 112 valence electrons. The fourth-order valence-electron chi connectivity index (χ4n) is 4.24. The van der Waals surface area contributed by atoms with Gasteiger partial charge in [0.25, 0.3) is 0 Å². The van der Waals surface area contributed by atoms with E-state index in [1.807, 2.05) is 0 Å². The largest absolute Gasteiger partial charge is 0.310 e. The van der Waals surface area contributed by atoms with Crippen molar-refractivity contribution in [3.05, 3.63) is 0 Å². The summed E-state index contributed by atoms with van der Waals surface area (Å²) >= 11 is 0. The van der Waals surface area contributed by atoms with E-state index < -0.39 is 0 Å². The van der Waals surface area contributed by atoms with Gasteiger partial charge in [-0.2, -0.15) is 0 Å². The van der Waals surface area contributed by atoms with E-state index in [2.05, 4.69) is 37.9 Å². The van der Waals surface area contributed by atoms with E-state index in [1.54, 1.807) is 0 Å². The van der Waals surface area contributed by atoms with Crippen molar-refractivity contribution in [2.24, 2.45) is 11.8 Å². The second-order valence-corrected chi connectivity index (χ2v) is 7.07. The molecule has 0 aromatic heterocycles. The molecule has 0 bridgehead atoms. The molecule has 3 atom stereocenters. The molecule has 1 aliphatic carbocycles. The molecule has 3 unspecified atom stereocenters. The summed E-state index contributed by atoms with van der Waals surface area (Å²) in [5.41, 5.74) is 0.372. The highest BCUT2D eigenvalue weighted by atomic mass is 15.2. The first kappa shape index (κ1) is 15.3. The molecule has 2 nitrogen and oxygen atoms in total. The van der Waals surface area contributed by atoms with Gasteiger partial charge in [-0.1, -0.05) is 40.5 Å². The Bertz CT molecular complexity index is 272. The quantitative estimate of drug-likeness (QED) is 0.838. The van der Waals surface area contributed by atoms with Gasteiger partial charge >= 0.3 is 0 Å². The molecular formula is C17H34N2. The molecule has 2 aliphatic rings. The lowest BCUT2D eigenvalue weighted by Crippen LogP contribution is -2.54. The second-order valence-electron chi connectivity index (χ2n) is 7.07. The molecule has 2 rings (SSSR count). The molecule has 2 fully saturated rings. The predicted octanol–water partition coefficient (Wildman–Crippen LogP) is 3.67. The SMILES string of the molecule is CCC1(CC)CN(C2CCCC(C)C2C)CCCN1. The first-order chi connectivity index (χ1) is 9.12. The van der Waals surface area contributed by atoms with Crippen LogP contribution in [0.1, 0.15) is 66.2 Å². The Morgan fingerprint density at radius 3 is 2.53 bits per heavy atom. The van der Waals surface area contributed by atoms with Gasteiger partial charge in [-0.3, -0.25) is 4.90 Å². The Balaban J connectivity index is 2.09. The maximum absolute atomic E-state index is 3.85. The number of hydrogen-bond donors (Lipinski definition) is 1. The first-order valence-corrected chi connectivity index (χ1v) is 8.61. The minimum Gasteiger partial charge on any atom is -0.310 e. The van der Waals surface area contributed by atoms with Crippen LogP contribution in [0.25, 0.3) is 0 Å². The molecule has 1 saturated heterocycles. The lowest BCUT2D eigenvalue weighted by molar-refractivity contribution is 0.0630. The third kappa shape index (κ3) is 3.33. The van der Waals surface area contributed by atoms with Gasteiger partial charge in [-0.15, -0.1) is 0 Å². The van der Waals surface area contributed by atoms with E-state index in [4.69, 9.17) is 0 Å². The normalized spacial score (nSPS) is 36.9. The van der Waals surface area contributed by atoms with Crippen LogP contribution in [-0.4, -0.2) is 36.1 Å². The van der Waals surface area contributed by atoms with Crippen molar-refractivity contribution in [2.75, 3.05) is 19.6 Å². The van der Waals surface area contributed by atoms with E-state index in [9.17, 15) is 0 Å². The third-order valence-electron chi connectivity index (χ3n) is 6.11. The summed E-state index contributed by atoms with van der Waals surface area (Å²) < 4.78 is 0. The summed E-state index contributed by atoms with van der Waals surface area (Å²) in [5, 5.41) is 3.85. The third-order valence-corrected chi connectivity index (χ3v) is 6.11. The molecule has 1 saturated carbocycles. The summed E-state index contributed by atoms with van der Waals surface area (Å²) in [6.45, 7) is 13.4. The first-order valence-electron chi connectivity index (χ1n) is 8.61. The summed E-state index contributed by atoms with van der Waals surface area (Å²) in [4.78, 5) is 2.84. The second kappa shape index (κ2) is 6.58. The van der Waals surface area contributed by atoms with Crippen molar-refractivity contribution in [1.82, 2.24) is 10.2 Å². The fraction of sp³-hybridized carbons (Fsp3) is 1.00. The molecule has 0 aromatic rings. The van der Waals surface area contributed by atoms with Crippen LogP contribution < -0.4 is 5.32 Å². The van der Waals surface area contributed by atoms with Crippen molar-refractivity contribution in [1.29, 1.82) is 0 Å². The van der Waals surface area contributed by atoms with Gasteiger partial charge < -0.3 is 5.32 Å². The van der Waals surface area contributed by atoms with Crippen LogP contribution in [0.3, 0.4) is 0 Å². The van der Waals surface area contributed by atoms with Gasteiger partial charge in [-0.05, 0) is 50.6 Å². The van der Waals surface area contributed by atoms with Crippen molar-refractivity contribution in [2.45, 2.75) is 77.8 Å². The Morgan fingerprint density at radius 2 is 1.84 bits per heavy atom. The van der Waals surface area contributed by atoms with Gasteiger partial charge in [0.2, 0.25) is 0 Å². The van der Waals surface area contributed by atoms with Crippen molar-refractivity contribution < 1.29 is 0 Å². The van der Waals surface area contributed by atoms with Gasteiger partial charge in [0.15, 0.2) is 0 Å². The lowest BCUT2D eigenvalue weighted by atomic mass is 9.76. The highest BCUT2D eigenvalue weighted by Gasteiger charge is 2.37. The van der Waals surface area contributed by atoms with E-state index >= 15 is 0 Å². The molecule has 0 aromatic carbocycles. The van der Waals surface area contributed by atoms with Crippen LogP contribution in [0, 0.1) is 11.8 Å². The average Bonchev–Trinajstić information content (AvgIpc) is 2.65. The van der Waals surface area contributed by atoms with Crippen molar-refractivity contribution in [3.63, 3.8) is 0 Å². The van der Waals surface area contributed by atoms with Crippen LogP contribution in [0.15, 0.2) is 0 Å². The Kier molecular flexibility index (Phi) is 5.30. The van der Waals surface area contributed by atoms with Crippen LogP contribution in [0.5, 0.6) is 0 Å². The Hall–Kier alpha value is -0.0800. The van der Waals surface area contributed by atoms with Crippen LogP contribution in [0.2, 0.25) is 0 Å².